The minimum absolute atomic E-state index is 0.0456. The Labute approximate surface area is 108 Å². The largest absolute Gasteiger partial charge is 0.465 e. The van der Waals surface area contributed by atoms with Crippen molar-refractivity contribution in [3.05, 3.63) is 33.9 Å². The molecule has 1 aliphatic rings. The van der Waals surface area contributed by atoms with Gasteiger partial charge in [-0.25, -0.2) is 4.79 Å². The summed E-state index contributed by atoms with van der Waals surface area (Å²) < 4.78 is 7.53. The van der Waals surface area contributed by atoms with Crippen LogP contribution in [-0.4, -0.2) is 23.3 Å². The summed E-state index contributed by atoms with van der Waals surface area (Å²) >= 11 is 1.45. The van der Waals surface area contributed by atoms with E-state index in [1.54, 1.807) is 0 Å². The van der Waals surface area contributed by atoms with Gasteiger partial charge in [0, 0.05) is 11.3 Å². The zero-order chi connectivity index (χ0) is 13.1. The van der Waals surface area contributed by atoms with E-state index in [-0.39, 0.29) is 5.69 Å². The Morgan fingerprint density at radius 1 is 1.56 bits per heavy atom. The number of carbonyl (C=O) groups excluding carboxylic acids is 1. The topological polar surface area (TPSA) is 81.5 Å². The molecule has 0 unspecified atom stereocenters. The molecule has 0 radical (unpaired) electrons. The van der Waals surface area contributed by atoms with Crippen LogP contribution in [0.2, 0.25) is 0 Å². The van der Waals surface area contributed by atoms with Gasteiger partial charge < -0.3 is 9.46 Å². The second-order valence-corrected chi connectivity index (χ2v) is 5.01. The van der Waals surface area contributed by atoms with Crippen molar-refractivity contribution in [2.45, 2.75) is 18.1 Å². The van der Waals surface area contributed by atoms with Crippen LogP contribution in [0.4, 0.5) is 11.4 Å². The maximum absolute atomic E-state index is 11.4. The van der Waals surface area contributed by atoms with Gasteiger partial charge in [0.2, 0.25) is 0 Å². The maximum atomic E-state index is 11.4. The minimum atomic E-state index is -0.510. The number of carbonyl (C=O) groups is 1. The second kappa shape index (κ2) is 5.26. The maximum Gasteiger partial charge on any atom is 0.337 e. The molecule has 2 rings (SSSR count). The van der Waals surface area contributed by atoms with E-state index < -0.39 is 10.9 Å². The number of methoxy groups -OCH3 is 1. The molecule has 0 spiro atoms. The lowest BCUT2D eigenvalue weighted by atomic mass is 10.2. The van der Waals surface area contributed by atoms with E-state index in [2.05, 4.69) is 9.46 Å². The molecule has 0 atom stereocenters. The van der Waals surface area contributed by atoms with E-state index in [1.165, 1.54) is 37.3 Å². The number of nitro benzene ring substituents is 1. The van der Waals surface area contributed by atoms with Crippen molar-refractivity contribution >= 4 is 29.3 Å². The Morgan fingerprint density at radius 2 is 2.28 bits per heavy atom. The summed E-state index contributed by atoms with van der Waals surface area (Å²) in [5, 5.41) is 11.4. The molecule has 7 heteroatoms. The highest BCUT2D eigenvalue weighted by molar-refractivity contribution is 8.01. The monoisotopic (exact) mass is 268 g/mol. The van der Waals surface area contributed by atoms with E-state index in [9.17, 15) is 14.9 Å². The molecule has 1 fully saturated rings. The first-order chi connectivity index (χ1) is 8.61. The van der Waals surface area contributed by atoms with E-state index in [0.717, 1.165) is 12.8 Å². The first kappa shape index (κ1) is 12.7. The zero-order valence-electron chi connectivity index (χ0n) is 9.71. The molecule has 0 aliphatic heterocycles. The Bertz CT molecular complexity index is 488. The highest BCUT2D eigenvalue weighted by Gasteiger charge is 2.24. The summed E-state index contributed by atoms with van der Waals surface area (Å²) in [5.74, 6) is -0.510. The predicted octanol–water partition coefficient (Wildman–Crippen LogP) is 2.60. The molecule has 1 N–H and O–H groups in total. The molecule has 1 aromatic carbocycles. The lowest BCUT2D eigenvalue weighted by molar-refractivity contribution is -0.383. The number of benzene rings is 1. The number of hydrogen-bond donors (Lipinski definition) is 1. The molecule has 1 saturated carbocycles. The highest BCUT2D eigenvalue weighted by atomic mass is 32.2. The van der Waals surface area contributed by atoms with Gasteiger partial charge in [0.15, 0.2) is 0 Å². The summed E-state index contributed by atoms with van der Waals surface area (Å²) in [7, 11) is 1.27. The second-order valence-electron chi connectivity index (χ2n) is 3.90. The molecule has 0 bridgehead atoms. The molecule has 6 nitrogen and oxygen atoms in total. The molecular formula is C11H12N2O4S. The fourth-order valence-electron chi connectivity index (χ4n) is 1.35. The first-order valence-corrected chi connectivity index (χ1v) is 6.28. The fourth-order valence-corrected chi connectivity index (χ4v) is 2.18. The standard InChI is InChI=1S/C11H12N2O4S/c1-17-11(14)7-2-5-10(13(15)16)9(6-7)12-18-8-3-4-8/h2,5-6,8,12H,3-4H2,1H3. The number of hydrogen-bond acceptors (Lipinski definition) is 6. The van der Waals surface area contributed by atoms with Gasteiger partial charge in [-0.15, -0.1) is 0 Å². The average molecular weight is 268 g/mol. The number of nitrogens with zero attached hydrogens (tertiary/aromatic N) is 1. The van der Waals surface area contributed by atoms with E-state index in [0.29, 0.717) is 16.5 Å². The van der Waals surface area contributed by atoms with Crippen molar-refractivity contribution < 1.29 is 14.5 Å². The van der Waals surface area contributed by atoms with Gasteiger partial charge in [0.05, 0.1) is 17.6 Å². The van der Waals surface area contributed by atoms with Crippen LogP contribution in [0.5, 0.6) is 0 Å². The molecule has 1 aliphatic carbocycles. The third-order valence-corrected chi connectivity index (χ3v) is 3.62. The summed E-state index contributed by atoms with van der Waals surface area (Å²) in [6.45, 7) is 0. The summed E-state index contributed by atoms with van der Waals surface area (Å²) in [4.78, 5) is 21.8. The van der Waals surface area contributed by atoms with Gasteiger partial charge in [-0.3, -0.25) is 10.1 Å². The van der Waals surface area contributed by atoms with Gasteiger partial charge in [-0.1, -0.05) is 0 Å². The minimum Gasteiger partial charge on any atom is -0.465 e. The predicted molar refractivity (Wildman–Crippen MR) is 68.7 cm³/mol. The zero-order valence-corrected chi connectivity index (χ0v) is 10.5. The summed E-state index contributed by atoms with van der Waals surface area (Å²) in [5.41, 5.74) is 0.581. The van der Waals surface area contributed by atoms with Crippen LogP contribution in [0.15, 0.2) is 18.2 Å². The van der Waals surface area contributed by atoms with E-state index >= 15 is 0 Å². The molecule has 18 heavy (non-hydrogen) atoms. The van der Waals surface area contributed by atoms with Crippen molar-refractivity contribution in [3.63, 3.8) is 0 Å². The van der Waals surface area contributed by atoms with E-state index in [1.807, 2.05) is 0 Å². The van der Waals surface area contributed by atoms with Crippen LogP contribution in [0.1, 0.15) is 23.2 Å². The van der Waals surface area contributed by atoms with Crippen molar-refractivity contribution in [2.24, 2.45) is 0 Å². The summed E-state index contributed by atoms with van der Waals surface area (Å²) in [6, 6.07) is 4.14. The normalized spacial score (nSPS) is 14.1. The van der Waals surface area contributed by atoms with Crippen molar-refractivity contribution in [3.8, 4) is 0 Å². The number of ether oxygens (including phenoxy) is 1. The molecule has 0 heterocycles. The smallest absolute Gasteiger partial charge is 0.337 e. The number of anilines is 1. The number of nitrogens with one attached hydrogen (secondary N) is 1. The average Bonchev–Trinajstić information content (AvgIpc) is 3.18. The van der Waals surface area contributed by atoms with Gasteiger partial charge in [-0.2, -0.15) is 0 Å². The Balaban J connectivity index is 2.24. The van der Waals surface area contributed by atoms with Gasteiger partial charge in [0.25, 0.3) is 5.69 Å². The van der Waals surface area contributed by atoms with Crippen molar-refractivity contribution in [1.29, 1.82) is 0 Å². The van der Waals surface area contributed by atoms with Gasteiger partial charge in [-0.05, 0) is 36.9 Å². The first-order valence-electron chi connectivity index (χ1n) is 5.40. The number of nitro groups is 1. The van der Waals surface area contributed by atoms with Crippen LogP contribution in [-0.2, 0) is 4.74 Å². The van der Waals surface area contributed by atoms with Crippen LogP contribution in [0.3, 0.4) is 0 Å². The Hall–Kier alpha value is -1.76. The van der Waals surface area contributed by atoms with Crippen LogP contribution in [0.25, 0.3) is 0 Å². The van der Waals surface area contributed by atoms with Gasteiger partial charge in [0.1, 0.15) is 5.69 Å². The Kier molecular flexibility index (Phi) is 3.71. The molecule has 96 valence electrons. The lowest BCUT2D eigenvalue weighted by Gasteiger charge is -2.07. The van der Waals surface area contributed by atoms with Gasteiger partial charge >= 0.3 is 5.97 Å². The Morgan fingerprint density at radius 3 is 2.83 bits per heavy atom. The number of esters is 1. The van der Waals surface area contributed by atoms with E-state index in [4.69, 9.17) is 0 Å². The third-order valence-electron chi connectivity index (χ3n) is 2.47. The molecule has 0 saturated heterocycles. The molecular weight excluding hydrogens is 256 g/mol. The fraction of sp³-hybridized carbons (Fsp3) is 0.364. The SMILES string of the molecule is COC(=O)c1ccc([N+](=O)[O-])c(NSC2CC2)c1. The van der Waals surface area contributed by atoms with Crippen molar-refractivity contribution in [2.75, 3.05) is 11.8 Å². The number of rotatable bonds is 5. The molecule has 0 amide bonds. The van der Waals surface area contributed by atoms with Crippen LogP contribution in [0, 0.1) is 10.1 Å². The highest BCUT2D eigenvalue weighted by Crippen LogP contribution is 2.37. The van der Waals surface area contributed by atoms with Crippen LogP contribution >= 0.6 is 11.9 Å². The molecule has 1 aromatic rings. The van der Waals surface area contributed by atoms with Crippen molar-refractivity contribution in [1.82, 2.24) is 0 Å². The van der Waals surface area contributed by atoms with Crippen LogP contribution < -0.4 is 4.72 Å². The molecule has 0 aromatic heterocycles. The quantitative estimate of drug-likeness (QED) is 0.382. The lowest BCUT2D eigenvalue weighted by Crippen LogP contribution is -2.03. The summed E-state index contributed by atoms with van der Waals surface area (Å²) in [6.07, 6.45) is 2.23. The third kappa shape index (κ3) is 2.92.